The van der Waals surface area contributed by atoms with Crippen molar-refractivity contribution in [1.82, 2.24) is 9.55 Å². The van der Waals surface area contributed by atoms with Crippen LogP contribution in [0.1, 0.15) is 27.0 Å². The SMILES string of the molecule is COC(=O)C1OC(n2ccc(=O)[nH]c2=O)C(OC(C)=O)C(OC(C)=O)C1OC(C)=O. The normalized spacial score (nSPS) is 25.7. The van der Waals surface area contributed by atoms with Crippen molar-refractivity contribution in [2.75, 3.05) is 7.11 Å². The van der Waals surface area contributed by atoms with E-state index in [1.165, 1.54) is 0 Å². The molecule has 5 atom stereocenters. The Labute approximate surface area is 168 Å². The molecule has 1 saturated heterocycles. The first-order valence-electron chi connectivity index (χ1n) is 8.61. The predicted molar refractivity (Wildman–Crippen MR) is 93.9 cm³/mol. The number of carbonyl (C=O) groups excluding carboxylic acids is 4. The zero-order chi connectivity index (χ0) is 22.6. The van der Waals surface area contributed by atoms with E-state index in [0.717, 1.165) is 44.7 Å². The van der Waals surface area contributed by atoms with Gasteiger partial charge in [-0.25, -0.2) is 9.59 Å². The molecule has 30 heavy (non-hydrogen) atoms. The van der Waals surface area contributed by atoms with Gasteiger partial charge in [0.25, 0.3) is 5.56 Å². The van der Waals surface area contributed by atoms with Crippen molar-refractivity contribution in [3.8, 4) is 0 Å². The monoisotopic (exact) mass is 428 g/mol. The molecule has 0 aliphatic carbocycles. The lowest BCUT2D eigenvalue weighted by Crippen LogP contribution is -2.62. The quantitative estimate of drug-likeness (QED) is 0.423. The summed E-state index contributed by atoms with van der Waals surface area (Å²) >= 11 is 0. The first-order chi connectivity index (χ1) is 14.0. The molecule has 0 bridgehead atoms. The lowest BCUT2D eigenvalue weighted by atomic mass is 9.96. The number of hydrogen-bond donors (Lipinski definition) is 1. The maximum Gasteiger partial charge on any atom is 0.339 e. The van der Waals surface area contributed by atoms with E-state index in [9.17, 15) is 28.8 Å². The molecule has 0 amide bonds. The fraction of sp³-hybridized carbons (Fsp3) is 0.529. The number of rotatable bonds is 5. The molecule has 0 radical (unpaired) electrons. The van der Waals surface area contributed by atoms with Crippen LogP contribution >= 0.6 is 0 Å². The number of nitrogens with one attached hydrogen (secondary N) is 1. The first kappa shape index (κ1) is 22.8. The lowest BCUT2D eigenvalue weighted by Gasteiger charge is -2.43. The number of aromatic nitrogens is 2. The highest BCUT2D eigenvalue weighted by atomic mass is 16.7. The summed E-state index contributed by atoms with van der Waals surface area (Å²) in [5, 5.41) is 0. The minimum atomic E-state index is -1.65. The molecular weight excluding hydrogens is 408 g/mol. The maximum absolute atomic E-state index is 12.3. The highest BCUT2D eigenvalue weighted by Crippen LogP contribution is 2.34. The summed E-state index contributed by atoms with van der Waals surface area (Å²) in [4.78, 5) is 73.0. The second-order valence-corrected chi connectivity index (χ2v) is 6.21. The largest absolute Gasteiger partial charge is 0.467 e. The summed E-state index contributed by atoms with van der Waals surface area (Å²) in [7, 11) is 1.04. The van der Waals surface area contributed by atoms with Crippen LogP contribution in [0, 0.1) is 0 Å². The van der Waals surface area contributed by atoms with Gasteiger partial charge in [0.1, 0.15) is 0 Å². The molecule has 1 aromatic heterocycles. The summed E-state index contributed by atoms with van der Waals surface area (Å²) in [5.41, 5.74) is -1.67. The Balaban J connectivity index is 2.66. The summed E-state index contributed by atoms with van der Waals surface area (Å²) in [6, 6.07) is 0.988. The minimum Gasteiger partial charge on any atom is -0.467 e. The van der Waals surface area contributed by atoms with E-state index in [4.69, 9.17) is 18.9 Å². The van der Waals surface area contributed by atoms with Crippen molar-refractivity contribution in [3.05, 3.63) is 33.1 Å². The Morgan fingerprint density at radius 3 is 1.97 bits per heavy atom. The van der Waals surface area contributed by atoms with Gasteiger partial charge < -0.3 is 23.7 Å². The van der Waals surface area contributed by atoms with Crippen LogP contribution in [0.25, 0.3) is 0 Å². The fourth-order valence-electron chi connectivity index (χ4n) is 2.95. The van der Waals surface area contributed by atoms with Gasteiger partial charge in [0.2, 0.25) is 0 Å². The Bertz CT molecular complexity index is 950. The molecular formula is C17H20N2O11. The number of methoxy groups -OCH3 is 1. The second-order valence-electron chi connectivity index (χ2n) is 6.21. The fourth-order valence-corrected chi connectivity index (χ4v) is 2.95. The average Bonchev–Trinajstić information content (AvgIpc) is 2.63. The molecule has 0 aromatic carbocycles. The van der Waals surface area contributed by atoms with Crippen LogP contribution in [-0.4, -0.2) is 65.0 Å². The van der Waals surface area contributed by atoms with E-state index in [1.54, 1.807) is 0 Å². The molecule has 1 aliphatic rings. The van der Waals surface area contributed by atoms with E-state index in [1.807, 2.05) is 4.98 Å². The molecule has 0 saturated carbocycles. The number of ether oxygens (including phenoxy) is 5. The van der Waals surface area contributed by atoms with Gasteiger partial charge in [0.15, 0.2) is 30.6 Å². The summed E-state index contributed by atoms with van der Waals surface area (Å²) in [6.45, 7) is 3.13. The van der Waals surface area contributed by atoms with Crippen LogP contribution in [0.15, 0.2) is 21.9 Å². The van der Waals surface area contributed by atoms with Crippen molar-refractivity contribution in [3.63, 3.8) is 0 Å². The van der Waals surface area contributed by atoms with Gasteiger partial charge in [-0.05, 0) is 0 Å². The van der Waals surface area contributed by atoms with E-state index in [2.05, 4.69) is 4.74 Å². The van der Waals surface area contributed by atoms with E-state index in [-0.39, 0.29) is 0 Å². The number of esters is 4. The third kappa shape index (κ3) is 5.11. The summed E-state index contributed by atoms with van der Waals surface area (Å²) < 4.78 is 26.6. The van der Waals surface area contributed by atoms with Crippen LogP contribution in [-0.2, 0) is 42.9 Å². The maximum atomic E-state index is 12.3. The Kier molecular flexibility index (Phi) is 7.10. The topological polar surface area (TPSA) is 169 Å². The highest BCUT2D eigenvalue weighted by Gasteiger charge is 2.55. The van der Waals surface area contributed by atoms with E-state index in [0.29, 0.717) is 0 Å². The van der Waals surface area contributed by atoms with Crippen molar-refractivity contribution in [2.24, 2.45) is 0 Å². The molecule has 1 N–H and O–H groups in total. The number of H-pyrrole nitrogens is 1. The van der Waals surface area contributed by atoms with Crippen molar-refractivity contribution >= 4 is 23.9 Å². The molecule has 5 unspecified atom stereocenters. The molecule has 13 nitrogen and oxygen atoms in total. The Morgan fingerprint density at radius 2 is 1.47 bits per heavy atom. The standard InChI is InChI=1S/C17H20N2O11/c1-7(20)27-11-12(28-8(2)21)14(16(24)26-4)30-15(13(11)29-9(3)22)19-6-5-10(23)18-17(19)25/h5-6,11-15H,1-4H3,(H,18,23,25). The molecule has 1 fully saturated rings. The summed E-state index contributed by atoms with van der Waals surface area (Å²) in [6.07, 6.45) is -6.79. The van der Waals surface area contributed by atoms with Gasteiger partial charge >= 0.3 is 29.6 Å². The highest BCUT2D eigenvalue weighted by molar-refractivity contribution is 5.77. The van der Waals surface area contributed by atoms with Crippen LogP contribution in [0.2, 0.25) is 0 Å². The number of nitrogens with zero attached hydrogens (tertiary/aromatic N) is 1. The third-order valence-corrected chi connectivity index (χ3v) is 3.98. The Hall–Kier alpha value is -3.48. The number of hydrogen-bond acceptors (Lipinski definition) is 11. The zero-order valence-electron chi connectivity index (χ0n) is 16.5. The summed E-state index contributed by atoms with van der Waals surface area (Å²) in [5.74, 6) is -3.56. The van der Waals surface area contributed by atoms with Crippen molar-refractivity contribution in [2.45, 2.75) is 51.4 Å². The van der Waals surface area contributed by atoms with Crippen LogP contribution < -0.4 is 11.2 Å². The molecule has 1 aliphatic heterocycles. The minimum absolute atomic E-state index is 0.713. The number of carbonyl (C=O) groups is 4. The predicted octanol–water partition coefficient (Wildman–Crippen LogP) is -1.60. The van der Waals surface area contributed by atoms with Crippen molar-refractivity contribution < 1.29 is 42.9 Å². The smallest absolute Gasteiger partial charge is 0.339 e. The van der Waals surface area contributed by atoms with Gasteiger partial charge in [-0.1, -0.05) is 0 Å². The third-order valence-electron chi connectivity index (χ3n) is 3.98. The molecule has 13 heteroatoms. The van der Waals surface area contributed by atoms with Gasteiger partial charge in [0, 0.05) is 33.0 Å². The molecule has 164 valence electrons. The van der Waals surface area contributed by atoms with Gasteiger partial charge in [-0.2, -0.15) is 0 Å². The van der Waals surface area contributed by atoms with Gasteiger partial charge in [0.05, 0.1) is 7.11 Å². The van der Waals surface area contributed by atoms with Crippen LogP contribution in [0.5, 0.6) is 0 Å². The van der Waals surface area contributed by atoms with E-state index >= 15 is 0 Å². The number of aromatic amines is 1. The van der Waals surface area contributed by atoms with E-state index < -0.39 is 65.8 Å². The zero-order valence-corrected chi connectivity index (χ0v) is 16.5. The van der Waals surface area contributed by atoms with Gasteiger partial charge in [-0.15, -0.1) is 0 Å². The van der Waals surface area contributed by atoms with Crippen molar-refractivity contribution in [1.29, 1.82) is 0 Å². The first-order valence-corrected chi connectivity index (χ1v) is 8.61. The molecule has 2 heterocycles. The molecule has 2 rings (SSSR count). The Morgan fingerprint density at radius 1 is 0.933 bits per heavy atom. The second kappa shape index (κ2) is 9.35. The molecule has 1 aromatic rings. The van der Waals surface area contributed by atoms with Crippen LogP contribution in [0.3, 0.4) is 0 Å². The molecule has 0 spiro atoms. The van der Waals surface area contributed by atoms with Crippen LogP contribution in [0.4, 0.5) is 0 Å². The average molecular weight is 428 g/mol. The lowest BCUT2D eigenvalue weighted by molar-refractivity contribution is -0.263. The van der Waals surface area contributed by atoms with Gasteiger partial charge in [-0.3, -0.25) is 28.7 Å².